The summed E-state index contributed by atoms with van der Waals surface area (Å²) in [4.78, 5) is 25.5. The number of halogens is 3. The molecule has 3 aromatic heterocycles. The summed E-state index contributed by atoms with van der Waals surface area (Å²) >= 11 is 0. The molecular weight excluding hydrogens is 301 g/mol. The van der Waals surface area contributed by atoms with Gasteiger partial charge in [-0.2, -0.15) is 13.2 Å². The second-order valence-electron chi connectivity index (χ2n) is 4.39. The zero-order chi connectivity index (χ0) is 15.9. The van der Waals surface area contributed by atoms with Gasteiger partial charge in [0, 0.05) is 12.4 Å². The van der Waals surface area contributed by atoms with Crippen LogP contribution in [0.15, 0.2) is 30.7 Å². The van der Waals surface area contributed by atoms with E-state index in [2.05, 4.69) is 19.9 Å². The highest BCUT2D eigenvalue weighted by atomic mass is 19.4. The lowest BCUT2D eigenvalue weighted by Crippen LogP contribution is -2.05. The fraction of sp³-hybridized carbons (Fsp3) is 0.0769. The Morgan fingerprint density at radius 3 is 2.68 bits per heavy atom. The minimum absolute atomic E-state index is 0.0400. The van der Waals surface area contributed by atoms with Gasteiger partial charge in [-0.3, -0.25) is 4.98 Å². The third-order valence-electron chi connectivity index (χ3n) is 2.96. The summed E-state index contributed by atoms with van der Waals surface area (Å²) in [7, 11) is 0. The molecule has 0 saturated heterocycles. The number of carboxylic acid groups (broad SMARTS) is 1. The van der Waals surface area contributed by atoms with Crippen LogP contribution in [0.1, 0.15) is 15.9 Å². The zero-order valence-corrected chi connectivity index (χ0v) is 10.7. The molecule has 0 aromatic carbocycles. The summed E-state index contributed by atoms with van der Waals surface area (Å²) < 4.78 is 38.1. The number of carbonyl (C=O) groups is 1. The maximum atomic E-state index is 12.7. The van der Waals surface area contributed by atoms with Crippen molar-refractivity contribution in [2.24, 2.45) is 0 Å². The van der Waals surface area contributed by atoms with Gasteiger partial charge in [-0.15, -0.1) is 0 Å². The van der Waals surface area contributed by atoms with E-state index in [1.54, 1.807) is 0 Å². The van der Waals surface area contributed by atoms with Crippen LogP contribution in [0.3, 0.4) is 0 Å². The van der Waals surface area contributed by atoms with Crippen molar-refractivity contribution in [3.8, 4) is 11.4 Å². The van der Waals surface area contributed by atoms with E-state index in [9.17, 15) is 18.0 Å². The second-order valence-corrected chi connectivity index (χ2v) is 4.39. The van der Waals surface area contributed by atoms with Gasteiger partial charge in [0.05, 0.1) is 17.5 Å². The molecule has 0 amide bonds. The van der Waals surface area contributed by atoms with Crippen molar-refractivity contribution in [2.75, 3.05) is 0 Å². The van der Waals surface area contributed by atoms with Gasteiger partial charge in [0.2, 0.25) is 0 Å². The highest BCUT2D eigenvalue weighted by Gasteiger charge is 2.31. The van der Waals surface area contributed by atoms with E-state index in [4.69, 9.17) is 5.11 Å². The Morgan fingerprint density at radius 2 is 2.00 bits per heavy atom. The quantitative estimate of drug-likeness (QED) is 0.759. The van der Waals surface area contributed by atoms with Crippen molar-refractivity contribution in [3.05, 3.63) is 41.9 Å². The lowest BCUT2D eigenvalue weighted by atomic mass is 10.2. The van der Waals surface area contributed by atoms with E-state index >= 15 is 0 Å². The molecule has 9 heteroatoms. The molecule has 2 N–H and O–H groups in total. The fourth-order valence-electron chi connectivity index (χ4n) is 1.92. The number of carboxylic acids is 1. The molecule has 3 aromatic rings. The number of aromatic amines is 1. The van der Waals surface area contributed by atoms with Crippen LogP contribution in [-0.4, -0.2) is 31.0 Å². The number of alkyl halides is 3. The van der Waals surface area contributed by atoms with Gasteiger partial charge in [0.1, 0.15) is 16.8 Å². The van der Waals surface area contributed by atoms with Gasteiger partial charge in [0.25, 0.3) is 0 Å². The molecule has 0 aliphatic heterocycles. The standard InChI is InChI=1S/C13H7F3N4O2/c14-13(15,16)6-1-2-17-8(3-6)9-5-19-11-10(20-9)7(4-18-11)12(21)22/h1-5H,(H,18,19)(H,21,22). The number of nitrogens with one attached hydrogen (secondary N) is 1. The molecule has 3 rings (SSSR count). The largest absolute Gasteiger partial charge is 0.478 e. The number of nitrogens with zero attached hydrogens (tertiary/aromatic N) is 3. The first-order valence-corrected chi connectivity index (χ1v) is 5.97. The predicted molar refractivity (Wildman–Crippen MR) is 69.1 cm³/mol. The maximum absolute atomic E-state index is 12.7. The van der Waals surface area contributed by atoms with E-state index in [1.807, 2.05) is 0 Å². The number of aromatic carboxylic acids is 1. The number of rotatable bonds is 2. The Hall–Kier alpha value is -2.97. The van der Waals surface area contributed by atoms with E-state index < -0.39 is 17.7 Å². The molecule has 0 spiro atoms. The third kappa shape index (κ3) is 2.36. The Bertz CT molecular complexity index is 873. The Morgan fingerprint density at radius 1 is 1.23 bits per heavy atom. The minimum Gasteiger partial charge on any atom is -0.478 e. The van der Waals surface area contributed by atoms with Crippen molar-refractivity contribution in [3.63, 3.8) is 0 Å². The van der Waals surface area contributed by atoms with Crippen LogP contribution < -0.4 is 0 Å². The van der Waals surface area contributed by atoms with Gasteiger partial charge in [-0.1, -0.05) is 0 Å². The molecule has 0 aliphatic carbocycles. The summed E-state index contributed by atoms with van der Waals surface area (Å²) in [5.41, 5.74) is -0.678. The molecule has 0 bridgehead atoms. The number of hydrogen-bond acceptors (Lipinski definition) is 4. The average molecular weight is 308 g/mol. The second kappa shape index (κ2) is 4.79. The maximum Gasteiger partial charge on any atom is 0.416 e. The summed E-state index contributed by atoms with van der Waals surface area (Å²) in [5, 5.41) is 9.03. The van der Waals surface area contributed by atoms with Gasteiger partial charge < -0.3 is 10.1 Å². The number of pyridine rings is 1. The number of H-pyrrole nitrogens is 1. The van der Waals surface area contributed by atoms with E-state index in [0.717, 1.165) is 18.3 Å². The lowest BCUT2D eigenvalue weighted by molar-refractivity contribution is -0.137. The molecule has 0 saturated carbocycles. The minimum atomic E-state index is -4.50. The van der Waals surface area contributed by atoms with Crippen molar-refractivity contribution in [1.82, 2.24) is 19.9 Å². The summed E-state index contributed by atoms with van der Waals surface area (Å²) in [6.45, 7) is 0. The van der Waals surface area contributed by atoms with Gasteiger partial charge >= 0.3 is 12.1 Å². The molecule has 0 atom stereocenters. The average Bonchev–Trinajstić information content (AvgIpc) is 2.89. The zero-order valence-electron chi connectivity index (χ0n) is 10.7. The molecule has 0 unspecified atom stereocenters. The monoisotopic (exact) mass is 308 g/mol. The SMILES string of the molecule is O=C(O)c1c[nH]c2ncc(-c3cc(C(F)(F)F)ccn3)nc12. The third-order valence-corrected chi connectivity index (χ3v) is 2.96. The molecule has 3 heterocycles. The van der Waals surface area contributed by atoms with E-state index in [-0.39, 0.29) is 28.1 Å². The first-order valence-electron chi connectivity index (χ1n) is 5.97. The Labute approximate surface area is 120 Å². The highest BCUT2D eigenvalue weighted by Crippen LogP contribution is 2.31. The number of hydrogen-bond donors (Lipinski definition) is 2. The van der Waals surface area contributed by atoms with Crippen LogP contribution in [0, 0.1) is 0 Å². The normalized spacial score (nSPS) is 11.8. The lowest BCUT2D eigenvalue weighted by Gasteiger charge is -2.07. The van der Waals surface area contributed by atoms with Crippen LogP contribution in [0.5, 0.6) is 0 Å². The Balaban J connectivity index is 2.14. The van der Waals surface area contributed by atoms with E-state index in [0.29, 0.717) is 0 Å². The molecular formula is C13H7F3N4O2. The molecule has 0 fully saturated rings. The summed E-state index contributed by atoms with van der Waals surface area (Å²) in [6.07, 6.45) is -1.04. The number of fused-ring (bicyclic) bond motifs is 1. The first kappa shape index (κ1) is 14.0. The van der Waals surface area contributed by atoms with Gasteiger partial charge in [-0.25, -0.2) is 14.8 Å². The van der Waals surface area contributed by atoms with Gasteiger partial charge in [-0.05, 0) is 12.1 Å². The van der Waals surface area contributed by atoms with Crippen molar-refractivity contribution in [2.45, 2.75) is 6.18 Å². The van der Waals surface area contributed by atoms with Gasteiger partial charge in [0.15, 0.2) is 5.65 Å². The molecule has 0 radical (unpaired) electrons. The van der Waals surface area contributed by atoms with Crippen LogP contribution in [-0.2, 0) is 6.18 Å². The van der Waals surface area contributed by atoms with E-state index in [1.165, 1.54) is 12.4 Å². The van der Waals surface area contributed by atoms with Crippen LogP contribution in [0.25, 0.3) is 22.6 Å². The van der Waals surface area contributed by atoms with Crippen molar-refractivity contribution < 1.29 is 23.1 Å². The Kier molecular flexibility index (Phi) is 3.05. The molecule has 22 heavy (non-hydrogen) atoms. The smallest absolute Gasteiger partial charge is 0.416 e. The molecule has 112 valence electrons. The summed E-state index contributed by atoms with van der Waals surface area (Å²) in [6, 6.07) is 1.68. The topological polar surface area (TPSA) is 91.8 Å². The van der Waals surface area contributed by atoms with Crippen LogP contribution in [0.4, 0.5) is 13.2 Å². The summed E-state index contributed by atoms with van der Waals surface area (Å²) in [5.74, 6) is -1.21. The number of aromatic nitrogens is 4. The van der Waals surface area contributed by atoms with Crippen molar-refractivity contribution in [1.29, 1.82) is 0 Å². The van der Waals surface area contributed by atoms with Crippen molar-refractivity contribution >= 4 is 17.1 Å². The molecule has 6 nitrogen and oxygen atoms in total. The first-order chi connectivity index (χ1) is 10.4. The van der Waals surface area contributed by atoms with Crippen LogP contribution >= 0.6 is 0 Å². The highest BCUT2D eigenvalue weighted by molar-refractivity contribution is 6.00. The molecule has 0 aliphatic rings. The predicted octanol–water partition coefficient (Wildman–Crippen LogP) is 2.74. The van der Waals surface area contributed by atoms with Crippen LogP contribution in [0.2, 0.25) is 0 Å². The fourth-order valence-corrected chi connectivity index (χ4v) is 1.92.